The minimum absolute atomic E-state index is 0.137. The molecule has 4 aromatic rings. The van der Waals surface area contributed by atoms with E-state index in [9.17, 15) is 14.4 Å². The highest BCUT2D eigenvalue weighted by atomic mass is 79.9. The van der Waals surface area contributed by atoms with Gasteiger partial charge in [0.05, 0.1) is 13.7 Å². The van der Waals surface area contributed by atoms with Crippen molar-refractivity contribution in [3.05, 3.63) is 104 Å². The average molecular weight is 562 g/mol. The number of rotatable bonds is 8. The summed E-state index contributed by atoms with van der Waals surface area (Å²) in [5.41, 5.74) is 2.59. The summed E-state index contributed by atoms with van der Waals surface area (Å²) in [5, 5.41) is 4.04. The van der Waals surface area contributed by atoms with Crippen LogP contribution < -0.4 is 10.9 Å². The van der Waals surface area contributed by atoms with E-state index in [1.54, 1.807) is 30.3 Å². The Labute approximate surface area is 223 Å². The number of ether oxygens (including phenoxy) is 1. The average Bonchev–Trinajstić information content (AvgIpc) is 2.90. The minimum atomic E-state index is -0.602. The fourth-order valence-electron chi connectivity index (χ4n) is 4.22. The number of esters is 1. The van der Waals surface area contributed by atoms with Gasteiger partial charge in [-0.1, -0.05) is 58.4 Å². The quantitative estimate of drug-likeness (QED) is 0.319. The molecule has 0 fully saturated rings. The van der Waals surface area contributed by atoms with Gasteiger partial charge in [-0.05, 0) is 60.9 Å². The fourth-order valence-corrected chi connectivity index (χ4v) is 4.58. The smallest absolute Gasteiger partial charge is 0.355 e. The van der Waals surface area contributed by atoms with Gasteiger partial charge in [0.2, 0.25) is 0 Å². The zero-order valence-corrected chi connectivity index (χ0v) is 22.5. The number of methoxy groups -OCH3 is 1. The number of hydrogen-bond acceptors (Lipinski definition) is 5. The number of nitrogens with one attached hydrogen (secondary N) is 1. The van der Waals surface area contributed by atoms with E-state index in [-0.39, 0.29) is 23.7 Å². The van der Waals surface area contributed by atoms with E-state index < -0.39 is 5.97 Å². The van der Waals surface area contributed by atoms with Crippen LogP contribution in [0.4, 0.5) is 0 Å². The molecule has 4 rings (SSSR count). The Morgan fingerprint density at radius 1 is 0.973 bits per heavy atom. The van der Waals surface area contributed by atoms with Crippen molar-refractivity contribution >= 4 is 38.6 Å². The highest BCUT2D eigenvalue weighted by Crippen LogP contribution is 2.33. The van der Waals surface area contributed by atoms with Crippen molar-refractivity contribution in [2.24, 2.45) is 0 Å². The molecule has 0 aliphatic carbocycles. The molecule has 1 amide bonds. The largest absolute Gasteiger partial charge is 0.464 e. The molecule has 8 heteroatoms. The normalized spacial score (nSPS) is 11.1. The zero-order valence-electron chi connectivity index (χ0n) is 21.0. The van der Waals surface area contributed by atoms with Crippen molar-refractivity contribution in [1.29, 1.82) is 0 Å². The number of amides is 1. The Bertz CT molecular complexity index is 1500. The van der Waals surface area contributed by atoms with Crippen molar-refractivity contribution in [2.45, 2.75) is 6.54 Å². The summed E-state index contributed by atoms with van der Waals surface area (Å²) in [6, 6.07) is 21.9. The van der Waals surface area contributed by atoms with Crippen LogP contribution in [0.5, 0.6) is 0 Å². The van der Waals surface area contributed by atoms with Crippen LogP contribution in [0.1, 0.15) is 26.4 Å². The lowest BCUT2D eigenvalue weighted by atomic mass is 9.96. The molecule has 0 aliphatic heterocycles. The van der Waals surface area contributed by atoms with Gasteiger partial charge in [-0.2, -0.15) is 0 Å². The standard InChI is InChI=1S/C29H28BrN3O4/c1-32(2)16-15-31-27(34)21-11-9-19(10-12-21)18-33-26(29(36)37-3)25(20-7-5-4-6-8-20)24-17-22(30)13-14-23(24)28(33)35/h4-14,17H,15-16,18H2,1-3H3,(H,31,34). The molecule has 1 heterocycles. The van der Waals surface area contributed by atoms with Crippen LogP contribution in [0.25, 0.3) is 21.9 Å². The van der Waals surface area contributed by atoms with Gasteiger partial charge in [-0.25, -0.2) is 4.79 Å². The van der Waals surface area contributed by atoms with E-state index in [4.69, 9.17) is 4.74 Å². The van der Waals surface area contributed by atoms with Crippen molar-refractivity contribution in [2.75, 3.05) is 34.3 Å². The van der Waals surface area contributed by atoms with Crippen LogP contribution in [-0.4, -0.2) is 55.6 Å². The van der Waals surface area contributed by atoms with Gasteiger partial charge in [-0.15, -0.1) is 0 Å². The van der Waals surface area contributed by atoms with Gasteiger partial charge in [0.25, 0.3) is 11.5 Å². The molecule has 37 heavy (non-hydrogen) atoms. The van der Waals surface area contributed by atoms with E-state index >= 15 is 0 Å². The Morgan fingerprint density at radius 2 is 1.68 bits per heavy atom. The summed E-state index contributed by atoms with van der Waals surface area (Å²) >= 11 is 3.50. The van der Waals surface area contributed by atoms with Crippen molar-refractivity contribution in [1.82, 2.24) is 14.8 Å². The third kappa shape index (κ3) is 5.81. The van der Waals surface area contributed by atoms with Crippen molar-refractivity contribution in [3.8, 4) is 11.1 Å². The summed E-state index contributed by atoms with van der Waals surface area (Å²) < 4.78 is 7.40. The molecule has 0 atom stereocenters. The Morgan fingerprint density at radius 3 is 2.32 bits per heavy atom. The first-order valence-electron chi connectivity index (χ1n) is 11.8. The molecule has 1 aromatic heterocycles. The molecule has 190 valence electrons. The van der Waals surface area contributed by atoms with E-state index in [2.05, 4.69) is 21.2 Å². The summed E-state index contributed by atoms with van der Waals surface area (Å²) in [6.45, 7) is 1.42. The number of nitrogens with zero attached hydrogens (tertiary/aromatic N) is 2. The second-order valence-electron chi connectivity index (χ2n) is 8.92. The van der Waals surface area contributed by atoms with Crippen LogP contribution >= 0.6 is 15.9 Å². The van der Waals surface area contributed by atoms with Crippen LogP contribution in [0.3, 0.4) is 0 Å². The van der Waals surface area contributed by atoms with Crippen LogP contribution in [0, 0.1) is 0 Å². The molecule has 0 saturated heterocycles. The monoisotopic (exact) mass is 561 g/mol. The summed E-state index contributed by atoms with van der Waals surface area (Å²) in [4.78, 5) is 41.3. The number of likely N-dealkylation sites (N-methyl/N-ethyl adjacent to an activating group) is 1. The molecule has 0 spiro atoms. The third-order valence-electron chi connectivity index (χ3n) is 6.08. The maximum atomic E-state index is 13.7. The maximum absolute atomic E-state index is 13.7. The number of carbonyl (C=O) groups is 2. The first kappa shape index (κ1) is 26.3. The third-order valence-corrected chi connectivity index (χ3v) is 6.57. The number of fused-ring (bicyclic) bond motifs is 1. The summed E-state index contributed by atoms with van der Waals surface area (Å²) in [6.07, 6.45) is 0. The molecule has 0 radical (unpaired) electrons. The summed E-state index contributed by atoms with van der Waals surface area (Å²) in [7, 11) is 5.20. The molecule has 0 bridgehead atoms. The summed E-state index contributed by atoms with van der Waals surface area (Å²) in [5.74, 6) is -0.766. The van der Waals surface area contributed by atoms with Gasteiger partial charge >= 0.3 is 5.97 Å². The van der Waals surface area contributed by atoms with Crippen molar-refractivity contribution < 1.29 is 14.3 Å². The molecule has 3 aromatic carbocycles. The predicted octanol–water partition coefficient (Wildman–Crippen LogP) is 4.56. The van der Waals surface area contributed by atoms with E-state index in [1.165, 1.54) is 11.7 Å². The maximum Gasteiger partial charge on any atom is 0.355 e. The Kier molecular flexibility index (Phi) is 8.21. The number of halogens is 1. The number of hydrogen-bond donors (Lipinski definition) is 1. The molecule has 0 aliphatic rings. The minimum Gasteiger partial charge on any atom is -0.464 e. The topological polar surface area (TPSA) is 80.6 Å². The van der Waals surface area contributed by atoms with Gasteiger partial charge in [0, 0.05) is 34.1 Å². The number of carbonyl (C=O) groups excluding carboxylic acids is 2. The molecule has 0 saturated carbocycles. The fraction of sp³-hybridized carbons (Fsp3) is 0.207. The van der Waals surface area contributed by atoms with Gasteiger partial charge in [0.1, 0.15) is 5.69 Å². The lowest BCUT2D eigenvalue weighted by Gasteiger charge is -2.19. The first-order valence-corrected chi connectivity index (χ1v) is 12.6. The molecular formula is C29H28BrN3O4. The second kappa shape index (κ2) is 11.5. The van der Waals surface area contributed by atoms with Gasteiger partial charge in [0.15, 0.2) is 0 Å². The number of benzene rings is 3. The van der Waals surface area contributed by atoms with Gasteiger partial charge < -0.3 is 15.0 Å². The highest BCUT2D eigenvalue weighted by Gasteiger charge is 2.24. The number of aromatic nitrogens is 1. The van der Waals surface area contributed by atoms with Crippen LogP contribution in [0.2, 0.25) is 0 Å². The molecular weight excluding hydrogens is 534 g/mol. The van der Waals surface area contributed by atoms with Crippen LogP contribution in [-0.2, 0) is 11.3 Å². The lowest BCUT2D eigenvalue weighted by molar-refractivity contribution is 0.0588. The SMILES string of the molecule is COC(=O)c1c(-c2ccccc2)c2cc(Br)ccc2c(=O)n1Cc1ccc(C(=O)NCCN(C)C)cc1. The second-order valence-corrected chi connectivity index (χ2v) is 9.83. The Hall–Kier alpha value is -3.75. The zero-order chi connectivity index (χ0) is 26.5. The highest BCUT2D eigenvalue weighted by molar-refractivity contribution is 9.10. The lowest BCUT2D eigenvalue weighted by Crippen LogP contribution is -2.31. The van der Waals surface area contributed by atoms with Crippen LogP contribution in [0.15, 0.2) is 82.1 Å². The first-order chi connectivity index (χ1) is 17.8. The molecule has 7 nitrogen and oxygen atoms in total. The van der Waals surface area contributed by atoms with E-state index in [0.717, 1.165) is 22.1 Å². The van der Waals surface area contributed by atoms with Gasteiger partial charge in [-0.3, -0.25) is 14.2 Å². The van der Waals surface area contributed by atoms with E-state index in [0.29, 0.717) is 28.4 Å². The van der Waals surface area contributed by atoms with Crippen molar-refractivity contribution in [3.63, 3.8) is 0 Å². The van der Waals surface area contributed by atoms with E-state index in [1.807, 2.05) is 61.5 Å². The Balaban J connectivity index is 1.81. The molecule has 0 unspecified atom stereocenters. The number of pyridine rings is 1. The predicted molar refractivity (Wildman–Crippen MR) is 149 cm³/mol. The molecule has 1 N–H and O–H groups in total.